The summed E-state index contributed by atoms with van der Waals surface area (Å²) in [6.07, 6.45) is 0. The van der Waals surface area contributed by atoms with Gasteiger partial charge in [0.05, 0.1) is 19.8 Å². The van der Waals surface area contributed by atoms with Gasteiger partial charge in [0.25, 0.3) is 0 Å². The molecule has 0 radical (unpaired) electrons. The smallest absolute Gasteiger partial charge is 0.243 e. The molecule has 6 N–H and O–H groups in total. The highest BCUT2D eigenvalue weighted by molar-refractivity contribution is 5.79. The van der Waals surface area contributed by atoms with Crippen LogP contribution >= 0.6 is 0 Å². The molecule has 0 aromatic carbocycles. The van der Waals surface area contributed by atoms with Crippen LogP contribution < -0.4 is 22.3 Å². The molecule has 0 aromatic heterocycles. The van der Waals surface area contributed by atoms with Gasteiger partial charge in [0.15, 0.2) is 0 Å². The fraction of sp³-hybridized carbons (Fsp3) is 0.750. The van der Waals surface area contributed by atoms with Crippen molar-refractivity contribution in [2.45, 2.75) is 0 Å². The van der Waals surface area contributed by atoms with Crippen LogP contribution in [0, 0.1) is 0 Å². The number of hydrogen-bond donors (Lipinski definition) is 4. The number of primary amides is 1. The summed E-state index contributed by atoms with van der Waals surface area (Å²) in [6.45, 7) is 1.74. The van der Waals surface area contributed by atoms with Crippen molar-refractivity contribution in [1.29, 1.82) is 0 Å². The Labute approximate surface area is 94.3 Å². The van der Waals surface area contributed by atoms with Crippen LogP contribution in [0.4, 0.5) is 0 Å². The topological polar surface area (TPSA) is 124 Å². The number of carbonyl (C=O) groups is 1. The van der Waals surface area contributed by atoms with Crippen LogP contribution in [0.2, 0.25) is 0 Å². The zero-order valence-corrected chi connectivity index (χ0v) is 9.36. The number of methoxy groups -OCH3 is 1. The molecular weight excluding hydrogens is 214 g/mol. The molecule has 0 rings (SSSR count). The first kappa shape index (κ1) is 14.6. The second-order valence-corrected chi connectivity index (χ2v) is 2.81. The van der Waals surface area contributed by atoms with E-state index in [0.29, 0.717) is 32.3 Å². The van der Waals surface area contributed by atoms with Crippen LogP contribution in [-0.2, 0) is 14.3 Å². The minimum absolute atomic E-state index is 0.0992. The lowest BCUT2D eigenvalue weighted by Gasteiger charge is -2.08. The van der Waals surface area contributed by atoms with Crippen LogP contribution in [-0.4, -0.2) is 51.9 Å². The molecule has 0 unspecified atom stereocenters. The third kappa shape index (κ3) is 9.19. The number of guanidine groups is 1. The zero-order valence-electron chi connectivity index (χ0n) is 9.36. The van der Waals surface area contributed by atoms with Gasteiger partial charge < -0.3 is 20.5 Å². The molecule has 0 saturated heterocycles. The van der Waals surface area contributed by atoms with E-state index in [-0.39, 0.29) is 6.61 Å². The molecular formula is C8H19N5O3. The molecule has 0 bridgehead atoms. The van der Waals surface area contributed by atoms with Gasteiger partial charge in [-0.05, 0) is 0 Å². The van der Waals surface area contributed by atoms with Crippen molar-refractivity contribution < 1.29 is 14.3 Å². The van der Waals surface area contributed by atoms with Crippen LogP contribution in [0.15, 0.2) is 4.99 Å². The second kappa shape index (κ2) is 10.1. The highest BCUT2D eigenvalue weighted by atomic mass is 16.5. The van der Waals surface area contributed by atoms with Crippen molar-refractivity contribution in [2.24, 2.45) is 16.6 Å². The van der Waals surface area contributed by atoms with E-state index < -0.39 is 5.91 Å². The van der Waals surface area contributed by atoms with E-state index >= 15 is 0 Å². The van der Waals surface area contributed by atoms with Crippen molar-refractivity contribution in [3.05, 3.63) is 0 Å². The summed E-state index contributed by atoms with van der Waals surface area (Å²) in [5, 5.41) is 2.91. The number of nitrogens with two attached hydrogens (primary N) is 2. The Morgan fingerprint density at radius 2 is 2.19 bits per heavy atom. The number of nitrogens with one attached hydrogen (secondary N) is 2. The summed E-state index contributed by atoms with van der Waals surface area (Å²) in [4.78, 5) is 14.4. The number of rotatable bonds is 8. The molecule has 0 aliphatic heterocycles. The average Bonchev–Trinajstić information content (AvgIpc) is 2.26. The third-order valence-corrected chi connectivity index (χ3v) is 1.49. The van der Waals surface area contributed by atoms with E-state index in [1.54, 1.807) is 7.11 Å². The van der Waals surface area contributed by atoms with Crippen LogP contribution in [0.3, 0.4) is 0 Å². The molecule has 16 heavy (non-hydrogen) atoms. The fourth-order valence-electron chi connectivity index (χ4n) is 0.819. The van der Waals surface area contributed by atoms with Crippen LogP contribution in [0.5, 0.6) is 0 Å². The Balaban J connectivity index is 3.58. The molecule has 1 amide bonds. The minimum atomic E-state index is -0.501. The molecule has 0 atom stereocenters. The van der Waals surface area contributed by atoms with Crippen molar-refractivity contribution in [2.75, 3.05) is 40.0 Å². The van der Waals surface area contributed by atoms with E-state index in [1.807, 2.05) is 0 Å². The summed E-state index contributed by atoms with van der Waals surface area (Å²) in [6, 6.07) is 0. The van der Waals surface area contributed by atoms with Gasteiger partial charge in [-0.1, -0.05) is 0 Å². The summed E-state index contributed by atoms with van der Waals surface area (Å²) in [7, 11) is 1.60. The molecule has 0 spiro atoms. The zero-order chi connectivity index (χ0) is 12.2. The van der Waals surface area contributed by atoms with E-state index in [9.17, 15) is 4.79 Å². The maximum atomic E-state index is 10.3. The Morgan fingerprint density at radius 3 is 2.75 bits per heavy atom. The lowest BCUT2D eigenvalue weighted by Crippen LogP contribution is -2.43. The molecule has 0 heterocycles. The van der Waals surface area contributed by atoms with Gasteiger partial charge in [0.2, 0.25) is 11.9 Å². The SMILES string of the molecule is COCCNC(=NCCOCC(N)=O)NN. The fourth-order valence-corrected chi connectivity index (χ4v) is 0.819. The van der Waals surface area contributed by atoms with Crippen molar-refractivity contribution in [1.82, 2.24) is 10.7 Å². The monoisotopic (exact) mass is 233 g/mol. The standard InChI is InChI=1S/C8H19N5O3/c1-15-4-2-11-8(13-10)12-3-5-16-6-7(9)14/h2-6,10H2,1H3,(H2,9,14)(H2,11,12,13). The number of amides is 1. The highest BCUT2D eigenvalue weighted by Crippen LogP contribution is 1.77. The van der Waals surface area contributed by atoms with Gasteiger partial charge >= 0.3 is 0 Å². The summed E-state index contributed by atoms with van der Waals surface area (Å²) < 4.78 is 9.76. The van der Waals surface area contributed by atoms with E-state index in [1.165, 1.54) is 0 Å². The summed E-state index contributed by atoms with van der Waals surface area (Å²) in [5.74, 6) is 5.16. The number of hydrogen-bond acceptors (Lipinski definition) is 5. The van der Waals surface area contributed by atoms with Gasteiger partial charge in [-0.25, -0.2) is 10.8 Å². The van der Waals surface area contributed by atoms with E-state index in [4.69, 9.17) is 21.1 Å². The number of aliphatic imine (C=N–C) groups is 1. The van der Waals surface area contributed by atoms with Gasteiger partial charge in [-0.2, -0.15) is 0 Å². The Morgan fingerprint density at radius 1 is 1.44 bits per heavy atom. The Kier molecular flexibility index (Phi) is 9.27. The van der Waals surface area contributed by atoms with Crippen molar-refractivity contribution in [3.63, 3.8) is 0 Å². The van der Waals surface area contributed by atoms with E-state index in [2.05, 4.69) is 15.7 Å². The molecule has 0 fully saturated rings. The maximum Gasteiger partial charge on any atom is 0.243 e. The average molecular weight is 233 g/mol. The number of ether oxygens (including phenoxy) is 2. The highest BCUT2D eigenvalue weighted by Gasteiger charge is 1.95. The molecule has 0 aliphatic rings. The second-order valence-electron chi connectivity index (χ2n) is 2.81. The van der Waals surface area contributed by atoms with Gasteiger partial charge in [0.1, 0.15) is 6.61 Å². The van der Waals surface area contributed by atoms with E-state index in [0.717, 1.165) is 0 Å². The molecule has 8 heteroatoms. The van der Waals surface area contributed by atoms with Gasteiger partial charge in [-0.3, -0.25) is 10.2 Å². The van der Waals surface area contributed by atoms with Crippen LogP contribution in [0.1, 0.15) is 0 Å². The molecule has 0 saturated carbocycles. The molecule has 0 aromatic rings. The predicted octanol–water partition coefficient (Wildman–Crippen LogP) is -2.46. The lowest BCUT2D eigenvalue weighted by atomic mass is 10.6. The number of carbonyl (C=O) groups excluding carboxylic acids is 1. The number of nitrogens with zero attached hydrogens (tertiary/aromatic N) is 1. The molecule has 94 valence electrons. The Bertz CT molecular complexity index is 222. The van der Waals surface area contributed by atoms with Crippen LogP contribution in [0.25, 0.3) is 0 Å². The minimum Gasteiger partial charge on any atom is -0.383 e. The Hall–Kier alpha value is -1.38. The first-order valence-corrected chi connectivity index (χ1v) is 4.80. The number of hydrazine groups is 1. The van der Waals surface area contributed by atoms with Gasteiger partial charge in [0, 0.05) is 13.7 Å². The first-order chi connectivity index (χ1) is 7.70. The third-order valence-electron chi connectivity index (χ3n) is 1.49. The van der Waals surface area contributed by atoms with Gasteiger partial charge in [-0.15, -0.1) is 0 Å². The normalized spacial score (nSPS) is 11.2. The summed E-state index contributed by atoms with van der Waals surface area (Å²) in [5.41, 5.74) is 7.28. The van der Waals surface area contributed by atoms with Crippen molar-refractivity contribution >= 4 is 11.9 Å². The molecule has 0 aliphatic carbocycles. The summed E-state index contributed by atoms with van der Waals surface area (Å²) >= 11 is 0. The first-order valence-electron chi connectivity index (χ1n) is 4.80. The van der Waals surface area contributed by atoms with Crippen molar-refractivity contribution in [3.8, 4) is 0 Å². The lowest BCUT2D eigenvalue weighted by molar-refractivity contribution is -0.122. The maximum absolute atomic E-state index is 10.3. The molecule has 8 nitrogen and oxygen atoms in total. The quantitative estimate of drug-likeness (QED) is 0.121. The largest absolute Gasteiger partial charge is 0.383 e. The predicted molar refractivity (Wildman–Crippen MR) is 59.5 cm³/mol.